The van der Waals surface area contributed by atoms with Crippen molar-refractivity contribution in [2.45, 2.75) is 25.8 Å². The van der Waals surface area contributed by atoms with E-state index in [1.807, 2.05) is 29.1 Å². The van der Waals surface area contributed by atoms with Crippen molar-refractivity contribution in [2.75, 3.05) is 0 Å². The molecule has 5 heteroatoms. The first-order valence-electron chi connectivity index (χ1n) is 5.74. The minimum Gasteiger partial charge on any atom is -0.336 e. The van der Waals surface area contributed by atoms with Gasteiger partial charge in [0.15, 0.2) is 0 Å². The lowest BCUT2D eigenvalue weighted by Crippen LogP contribution is -2.30. The Morgan fingerprint density at radius 3 is 2.76 bits per heavy atom. The molecule has 2 heterocycles. The van der Waals surface area contributed by atoms with Gasteiger partial charge in [0.1, 0.15) is 0 Å². The highest BCUT2D eigenvalue weighted by molar-refractivity contribution is 7.11. The van der Waals surface area contributed by atoms with Crippen LogP contribution in [0, 0.1) is 0 Å². The minimum atomic E-state index is 0.117. The van der Waals surface area contributed by atoms with Crippen molar-refractivity contribution in [3.8, 4) is 0 Å². The van der Waals surface area contributed by atoms with Gasteiger partial charge in [0.05, 0.1) is 18.1 Å². The van der Waals surface area contributed by atoms with E-state index in [4.69, 9.17) is 5.84 Å². The molecule has 0 amide bonds. The van der Waals surface area contributed by atoms with Gasteiger partial charge in [-0.25, -0.2) is 4.98 Å². The summed E-state index contributed by atoms with van der Waals surface area (Å²) in [5.74, 6) is 5.63. The second-order valence-corrected chi connectivity index (χ2v) is 5.33. The quantitative estimate of drug-likeness (QED) is 0.628. The Balaban J connectivity index is 2.12. The van der Waals surface area contributed by atoms with Gasteiger partial charge >= 0.3 is 0 Å². The molecule has 17 heavy (non-hydrogen) atoms. The number of rotatable bonds is 5. The number of hydrogen-bond acceptors (Lipinski definition) is 4. The summed E-state index contributed by atoms with van der Waals surface area (Å²) in [5.41, 5.74) is 3.98. The van der Waals surface area contributed by atoms with Gasteiger partial charge in [0.2, 0.25) is 0 Å². The standard InChI is InChI=1S/C12H18N4S/c1-3-9-4-5-10(17-9)6-11(15-13)12-7-14-8-16(12)2/h4-5,7-8,11,15H,3,6,13H2,1-2H3. The Kier molecular flexibility index (Phi) is 3.93. The average molecular weight is 250 g/mol. The van der Waals surface area contributed by atoms with E-state index in [0.717, 1.165) is 18.5 Å². The lowest BCUT2D eigenvalue weighted by atomic mass is 10.1. The van der Waals surface area contributed by atoms with Crippen LogP contribution < -0.4 is 11.3 Å². The molecule has 4 nitrogen and oxygen atoms in total. The van der Waals surface area contributed by atoms with Gasteiger partial charge in [0.25, 0.3) is 0 Å². The van der Waals surface area contributed by atoms with Crippen molar-refractivity contribution in [3.63, 3.8) is 0 Å². The second kappa shape index (κ2) is 5.44. The Bertz CT molecular complexity index is 474. The maximum Gasteiger partial charge on any atom is 0.0946 e. The van der Waals surface area contributed by atoms with E-state index in [1.54, 1.807) is 6.33 Å². The molecule has 2 aromatic heterocycles. The Hall–Kier alpha value is -1.17. The summed E-state index contributed by atoms with van der Waals surface area (Å²) < 4.78 is 2.00. The van der Waals surface area contributed by atoms with E-state index in [1.165, 1.54) is 9.75 Å². The zero-order valence-electron chi connectivity index (χ0n) is 10.2. The molecule has 0 aliphatic rings. The molecule has 0 radical (unpaired) electrons. The maximum atomic E-state index is 5.63. The van der Waals surface area contributed by atoms with E-state index in [2.05, 4.69) is 29.5 Å². The van der Waals surface area contributed by atoms with E-state index >= 15 is 0 Å². The summed E-state index contributed by atoms with van der Waals surface area (Å²) in [4.78, 5) is 6.89. The average Bonchev–Trinajstić information content (AvgIpc) is 2.95. The molecule has 0 aromatic carbocycles. The van der Waals surface area contributed by atoms with E-state index in [9.17, 15) is 0 Å². The van der Waals surface area contributed by atoms with Crippen LogP contribution in [0.5, 0.6) is 0 Å². The first-order valence-corrected chi connectivity index (χ1v) is 6.56. The summed E-state index contributed by atoms with van der Waals surface area (Å²) in [6.45, 7) is 2.18. The van der Waals surface area contributed by atoms with Crippen LogP contribution in [0.4, 0.5) is 0 Å². The topological polar surface area (TPSA) is 55.9 Å². The van der Waals surface area contributed by atoms with Crippen molar-refractivity contribution in [1.29, 1.82) is 0 Å². The van der Waals surface area contributed by atoms with Crippen molar-refractivity contribution < 1.29 is 0 Å². The molecule has 2 rings (SSSR count). The molecule has 0 saturated carbocycles. The zero-order valence-corrected chi connectivity index (χ0v) is 11.0. The molecule has 92 valence electrons. The van der Waals surface area contributed by atoms with Crippen molar-refractivity contribution in [3.05, 3.63) is 40.1 Å². The van der Waals surface area contributed by atoms with Crippen LogP contribution in [-0.4, -0.2) is 9.55 Å². The van der Waals surface area contributed by atoms with Crippen molar-refractivity contribution in [2.24, 2.45) is 12.9 Å². The zero-order chi connectivity index (χ0) is 12.3. The second-order valence-electron chi connectivity index (χ2n) is 4.07. The molecule has 0 saturated heterocycles. The van der Waals surface area contributed by atoms with E-state index in [-0.39, 0.29) is 6.04 Å². The van der Waals surface area contributed by atoms with Crippen LogP contribution in [0.3, 0.4) is 0 Å². The van der Waals surface area contributed by atoms with Crippen LogP contribution in [0.15, 0.2) is 24.7 Å². The maximum absolute atomic E-state index is 5.63. The molecule has 0 bridgehead atoms. The molecule has 2 aromatic rings. The van der Waals surface area contributed by atoms with Gasteiger partial charge < -0.3 is 4.57 Å². The Labute approximate surface area is 105 Å². The Morgan fingerprint density at radius 1 is 1.47 bits per heavy atom. The molecule has 0 spiro atoms. The first kappa shape index (κ1) is 12.3. The molecule has 3 N–H and O–H groups in total. The number of aromatic nitrogens is 2. The minimum absolute atomic E-state index is 0.117. The van der Waals surface area contributed by atoms with Crippen molar-refractivity contribution in [1.82, 2.24) is 15.0 Å². The van der Waals surface area contributed by atoms with E-state index in [0.29, 0.717) is 0 Å². The normalized spacial score (nSPS) is 12.9. The predicted molar refractivity (Wildman–Crippen MR) is 70.7 cm³/mol. The third-order valence-corrected chi connectivity index (χ3v) is 4.14. The molecule has 0 aliphatic heterocycles. The number of nitrogens with one attached hydrogen (secondary N) is 1. The van der Waals surface area contributed by atoms with Crippen LogP contribution >= 0.6 is 11.3 Å². The highest BCUT2D eigenvalue weighted by Gasteiger charge is 2.14. The van der Waals surface area contributed by atoms with Crippen molar-refractivity contribution >= 4 is 11.3 Å². The molecular formula is C12H18N4S. The summed E-state index contributed by atoms with van der Waals surface area (Å²) in [7, 11) is 1.98. The molecule has 0 fully saturated rings. The fourth-order valence-electron chi connectivity index (χ4n) is 1.88. The van der Waals surface area contributed by atoms with Gasteiger partial charge in [-0.3, -0.25) is 11.3 Å². The molecule has 1 atom stereocenters. The number of nitrogens with two attached hydrogens (primary N) is 1. The molecule has 0 aliphatic carbocycles. The number of hydrazine groups is 1. The third-order valence-electron chi connectivity index (χ3n) is 2.88. The smallest absolute Gasteiger partial charge is 0.0946 e. The summed E-state index contributed by atoms with van der Waals surface area (Å²) >= 11 is 1.85. The van der Waals surface area contributed by atoms with Gasteiger partial charge in [-0.05, 0) is 18.6 Å². The number of hydrogen-bond donors (Lipinski definition) is 2. The number of nitrogens with zero attached hydrogens (tertiary/aromatic N) is 2. The summed E-state index contributed by atoms with van der Waals surface area (Å²) in [6, 6.07) is 4.49. The number of thiophene rings is 1. The van der Waals surface area contributed by atoms with Crippen LogP contribution in [0.1, 0.15) is 28.4 Å². The van der Waals surface area contributed by atoms with Gasteiger partial charge in [-0.1, -0.05) is 6.92 Å². The lowest BCUT2D eigenvalue weighted by Gasteiger charge is -2.15. The molecular weight excluding hydrogens is 232 g/mol. The van der Waals surface area contributed by atoms with Crippen LogP contribution in [-0.2, 0) is 19.9 Å². The summed E-state index contributed by atoms with van der Waals surface area (Å²) in [5, 5.41) is 0. The fourth-order valence-corrected chi connectivity index (χ4v) is 2.88. The van der Waals surface area contributed by atoms with Gasteiger partial charge in [-0.15, -0.1) is 11.3 Å². The monoisotopic (exact) mass is 250 g/mol. The number of imidazole rings is 1. The Morgan fingerprint density at radius 2 is 2.24 bits per heavy atom. The van der Waals surface area contributed by atoms with Crippen LogP contribution in [0.2, 0.25) is 0 Å². The van der Waals surface area contributed by atoms with Crippen LogP contribution in [0.25, 0.3) is 0 Å². The van der Waals surface area contributed by atoms with Gasteiger partial charge in [0, 0.05) is 29.4 Å². The largest absolute Gasteiger partial charge is 0.336 e. The fraction of sp³-hybridized carbons (Fsp3) is 0.417. The SMILES string of the molecule is CCc1ccc(CC(NN)c2cncn2C)s1. The van der Waals surface area contributed by atoms with E-state index < -0.39 is 0 Å². The summed E-state index contributed by atoms with van der Waals surface area (Å²) in [6.07, 6.45) is 5.65. The lowest BCUT2D eigenvalue weighted by molar-refractivity contribution is 0.525. The highest BCUT2D eigenvalue weighted by Crippen LogP contribution is 2.23. The molecule has 1 unspecified atom stereocenters. The highest BCUT2D eigenvalue weighted by atomic mass is 32.1. The van der Waals surface area contributed by atoms with Gasteiger partial charge in [-0.2, -0.15) is 0 Å². The first-order chi connectivity index (χ1) is 8.24. The third kappa shape index (κ3) is 2.74. The predicted octanol–water partition coefficient (Wildman–Crippen LogP) is 1.79. The number of aryl methyl sites for hydroxylation is 2.